The molecule has 0 unspecified atom stereocenters. The quantitative estimate of drug-likeness (QED) is 0.268. The summed E-state index contributed by atoms with van der Waals surface area (Å²) in [5, 5.41) is 4.58. The number of carbonyl (C=O) groups excluding carboxylic acids is 1. The number of para-hydroxylation sites is 1. The van der Waals surface area contributed by atoms with Gasteiger partial charge in [0.25, 0.3) is 5.91 Å². The third kappa shape index (κ3) is 4.98. The molecule has 180 valence electrons. The molecule has 1 heterocycles. The van der Waals surface area contributed by atoms with Gasteiger partial charge < -0.3 is 14.2 Å². The Morgan fingerprint density at radius 3 is 2.44 bits per heavy atom. The van der Waals surface area contributed by atoms with Gasteiger partial charge in [0.2, 0.25) is 0 Å². The number of nitrogens with zero attached hydrogens (tertiary/aromatic N) is 1. The number of hydrogen-bond donors (Lipinski definition) is 1. The van der Waals surface area contributed by atoms with Crippen molar-refractivity contribution in [2.45, 2.75) is 4.90 Å². The summed E-state index contributed by atoms with van der Waals surface area (Å²) in [7, 11) is -2.71. The molecule has 7 nitrogen and oxygen atoms in total. The molecule has 1 saturated heterocycles. The lowest BCUT2D eigenvalue weighted by Crippen LogP contribution is -2.19. The van der Waals surface area contributed by atoms with E-state index in [4.69, 9.17) is 8.92 Å². The van der Waals surface area contributed by atoms with Crippen LogP contribution in [0.3, 0.4) is 0 Å². The highest BCUT2D eigenvalue weighted by atomic mass is 32.2. The molecular formula is C27H20N2O5S2. The molecule has 0 bridgehead atoms. The summed E-state index contributed by atoms with van der Waals surface area (Å²) < 4.78 is 37.1. The molecule has 1 aliphatic heterocycles. The van der Waals surface area contributed by atoms with Crippen LogP contribution in [-0.2, 0) is 14.9 Å². The number of methoxy groups -OCH3 is 1. The summed E-state index contributed by atoms with van der Waals surface area (Å²) in [6.45, 7) is 0. The standard InChI is InChI=1S/C27H20N2O5S2/c1-33-23-16-18(17-24-26(30)29-27(35-24)28-20-10-3-2-4-11-20)14-15-22(23)34-36(31,32)25-13-7-9-19-8-5-6-12-21(19)25/h2-17H,1H3,(H,28,29,30)/b24-17+. The zero-order valence-corrected chi connectivity index (χ0v) is 20.7. The molecule has 0 aromatic heterocycles. The number of hydrogen-bond acceptors (Lipinski definition) is 7. The number of thioether (sulfide) groups is 1. The number of amidine groups is 1. The van der Waals surface area contributed by atoms with E-state index in [1.165, 1.54) is 31.0 Å². The maximum Gasteiger partial charge on any atom is 0.339 e. The zero-order chi connectivity index (χ0) is 25.1. The van der Waals surface area contributed by atoms with E-state index in [-0.39, 0.29) is 22.3 Å². The van der Waals surface area contributed by atoms with Crippen LogP contribution in [-0.4, -0.2) is 26.6 Å². The monoisotopic (exact) mass is 516 g/mol. The van der Waals surface area contributed by atoms with E-state index in [1.54, 1.807) is 36.4 Å². The molecule has 1 amide bonds. The van der Waals surface area contributed by atoms with Gasteiger partial charge in [-0.25, -0.2) is 4.99 Å². The van der Waals surface area contributed by atoms with Gasteiger partial charge in [0.15, 0.2) is 16.7 Å². The van der Waals surface area contributed by atoms with E-state index in [0.717, 1.165) is 11.1 Å². The Morgan fingerprint density at radius 2 is 1.64 bits per heavy atom. The highest BCUT2D eigenvalue weighted by Gasteiger charge is 2.25. The summed E-state index contributed by atoms with van der Waals surface area (Å²) in [4.78, 5) is 17.4. The van der Waals surface area contributed by atoms with Crippen molar-refractivity contribution in [3.05, 3.63) is 101 Å². The van der Waals surface area contributed by atoms with Crippen LogP contribution in [0.4, 0.5) is 5.69 Å². The fraction of sp³-hybridized carbons (Fsp3) is 0.0370. The maximum absolute atomic E-state index is 13.1. The van der Waals surface area contributed by atoms with Gasteiger partial charge >= 0.3 is 10.1 Å². The number of fused-ring (bicyclic) bond motifs is 1. The Morgan fingerprint density at radius 1 is 0.889 bits per heavy atom. The molecular weight excluding hydrogens is 496 g/mol. The van der Waals surface area contributed by atoms with E-state index in [9.17, 15) is 13.2 Å². The predicted molar refractivity (Wildman–Crippen MR) is 142 cm³/mol. The van der Waals surface area contributed by atoms with Crippen molar-refractivity contribution in [1.82, 2.24) is 5.32 Å². The molecule has 0 spiro atoms. The molecule has 0 atom stereocenters. The average molecular weight is 517 g/mol. The van der Waals surface area contributed by atoms with Crippen molar-refractivity contribution in [2.75, 3.05) is 7.11 Å². The first-order chi connectivity index (χ1) is 17.4. The van der Waals surface area contributed by atoms with Crippen LogP contribution in [0.25, 0.3) is 16.8 Å². The second kappa shape index (κ2) is 9.88. The largest absolute Gasteiger partial charge is 0.493 e. The van der Waals surface area contributed by atoms with Crippen molar-refractivity contribution < 1.29 is 22.1 Å². The van der Waals surface area contributed by atoms with Crippen molar-refractivity contribution in [3.8, 4) is 11.5 Å². The fourth-order valence-corrected chi connectivity index (χ4v) is 5.68. The van der Waals surface area contributed by atoms with E-state index in [0.29, 0.717) is 21.0 Å². The van der Waals surface area contributed by atoms with Crippen molar-refractivity contribution >= 4 is 55.5 Å². The van der Waals surface area contributed by atoms with Crippen molar-refractivity contribution in [3.63, 3.8) is 0 Å². The Bertz CT molecular complexity index is 1630. The highest BCUT2D eigenvalue weighted by Crippen LogP contribution is 2.34. The number of rotatable bonds is 6. The minimum absolute atomic E-state index is 0.0439. The van der Waals surface area contributed by atoms with Crippen molar-refractivity contribution in [1.29, 1.82) is 0 Å². The smallest absolute Gasteiger partial charge is 0.339 e. The number of amides is 1. The first-order valence-electron chi connectivity index (χ1n) is 10.9. The molecule has 1 N–H and O–H groups in total. The van der Waals surface area contributed by atoms with Crippen LogP contribution in [0.5, 0.6) is 11.5 Å². The second-order valence-corrected chi connectivity index (χ2v) is 10.3. The molecule has 36 heavy (non-hydrogen) atoms. The zero-order valence-electron chi connectivity index (χ0n) is 19.0. The Balaban J connectivity index is 1.40. The minimum Gasteiger partial charge on any atom is -0.493 e. The molecule has 4 aromatic carbocycles. The van der Waals surface area contributed by atoms with Crippen LogP contribution in [0.15, 0.2) is 106 Å². The van der Waals surface area contributed by atoms with E-state index >= 15 is 0 Å². The Kier molecular flexibility index (Phi) is 6.49. The van der Waals surface area contributed by atoms with Gasteiger partial charge in [-0.2, -0.15) is 8.42 Å². The fourth-order valence-electron chi connectivity index (χ4n) is 3.67. The Labute approximate surface area is 212 Å². The molecule has 0 saturated carbocycles. The van der Waals surface area contributed by atoms with Crippen LogP contribution in [0.2, 0.25) is 0 Å². The first kappa shape index (κ1) is 23.7. The maximum atomic E-state index is 13.1. The first-order valence-corrected chi connectivity index (χ1v) is 13.1. The van der Waals surface area contributed by atoms with Gasteiger partial charge in [0.05, 0.1) is 17.7 Å². The summed E-state index contributed by atoms with van der Waals surface area (Å²) in [5.41, 5.74) is 1.37. The molecule has 1 fully saturated rings. The van der Waals surface area contributed by atoms with E-state index in [1.807, 2.05) is 48.5 Å². The van der Waals surface area contributed by atoms with Crippen LogP contribution >= 0.6 is 11.8 Å². The molecule has 1 aliphatic rings. The van der Waals surface area contributed by atoms with Crippen molar-refractivity contribution in [2.24, 2.45) is 4.99 Å². The normalized spacial score (nSPS) is 15.9. The SMILES string of the molecule is COc1cc(/C=C2/SC(=Nc3ccccc3)NC2=O)ccc1OS(=O)(=O)c1cccc2ccccc12. The minimum atomic E-state index is -4.13. The summed E-state index contributed by atoms with van der Waals surface area (Å²) in [6.07, 6.45) is 1.68. The number of carbonyl (C=O) groups is 1. The number of benzene rings is 4. The number of nitrogens with one attached hydrogen (secondary N) is 1. The summed E-state index contributed by atoms with van der Waals surface area (Å²) in [6, 6.07) is 26.3. The second-order valence-electron chi connectivity index (χ2n) is 7.74. The predicted octanol–water partition coefficient (Wildman–Crippen LogP) is 5.51. The molecule has 9 heteroatoms. The highest BCUT2D eigenvalue weighted by molar-refractivity contribution is 8.18. The number of ether oxygens (including phenoxy) is 1. The van der Waals surface area contributed by atoms with Gasteiger partial charge in [-0.3, -0.25) is 4.79 Å². The molecule has 4 aromatic rings. The number of aliphatic imine (C=N–C) groups is 1. The Hall–Kier alpha value is -4.08. The lowest BCUT2D eigenvalue weighted by molar-refractivity contribution is -0.115. The average Bonchev–Trinajstić information content (AvgIpc) is 3.23. The van der Waals surface area contributed by atoms with Gasteiger partial charge in [-0.15, -0.1) is 0 Å². The lowest BCUT2D eigenvalue weighted by Gasteiger charge is -2.13. The van der Waals surface area contributed by atoms with Gasteiger partial charge in [-0.05, 0) is 59.1 Å². The summed E-state index contributed by atoms with van der Waals surface area (Å²) in [5.74, 6) is -0.00955. The van der Waals surface area contributed by atoms with E-state index in [2.05, 4.69) is 10.3 Å². The van der Waals surface area contributed by atoms with Gasteiger partial charge in [0.1, 0.15) is 4.90 Å². The van der Waals surface area contributed by atoms with E-state index < -0.39 is 10.1 Å². The third-order valence-electron chi connectivity index (χ3n) is 5.34. The van der Waals surface area contributed by atoms with Crippen LogP contribution in [0, 0.1) is 0 Å². The molecule has 0 aliphatic carbocycles. The molecule has 0 radical (unpaired) electrons. The van der Waals surface area contributed by atoms with Gasteiger partial charge in [-0.1, -0.05) is 60.7 Å². The molecule has 5 rings (SSSR count). The summed E-state index contributed by atoms with van der Waals surface area (Å²) >= 11 is 1.22. The van der Waals surface area contributed by atoms with Crippen LogP contribution in [0.1, 0.15) is 5.56 Å². The third-order valence-corrected chi connectivity index (χ3v) is 7.55. The van der Waals surface area contributed by atoms with Gasteiger partial charge in [0, 0.05) is 5.39 Å². The van der Waals surface area contributed by atoms with Crippen LogP contribution < -0.4 is 14.2 Å². The lowest BCUT2D eigenvalue weighted by atomic mass is 10.1. The topological polar surface area (TPSA) is 94.1 Å².